The molecule has 0 aliphatic heterocycles. The number of aryl methyl sites for hydroxylation is 3. The highest BCUT2D eigenvalue weighted by molar-refractivity contribution is 5.74. The van der Waals surface area contributed by atoms with Gasteiger partial charge in [0.05, 0.1) is 0 Å². The second-order valence-electron chi connectivity index (χ2n) is 5.85. The summed E-state index contributed by atoms with van der Waals surface area (Å²) in [4.78, 5) is 16.0. The first kappa shape index (κ1) is 17.1. The first-order valence-electron chi connectivity index (χ1n) is 8.21. The lowest BCUT2D eigenvalue weighted by Crippen LogP contribution is -2.41. The number of aromatic nitrogens is 2. The second-order valence-corrected chi connectivity index (χ2v) is 5.85. The molecule has 0 radical (unpaired) electrons. The molecule has 0 unspecified atom stereocenters. The number of rotatable bonds is 8. The summed E-state index contributed by atoms with van der Waals surface area (Å²) < 4.78 is 2.09. The number of amides is 2. The average molecular weight is 314 g/mol. The van der Waals surface area contributed by atoms with Crippen molar-refractivity contribution < 1.29 is 4.79 Å². The Morgan fingerprint density at radius 2 is 2.09 bits per heavy atom. The summed E-state index contributed by atoms with van der Waals surface area (Å²) in [6.45, 7) is 5.55. The largest absolute Gasteiger partial charge is 0.338 e. The SMILES string of the molecule is Cc1nccn1CCCNC(=O)N[C@@H](C)CCc1ccccc1. The smallest absolute Gasteiger partial charge is 0.314 e. The van der Waals surface area contributed by atoms with Crippen LogP contribution >= 0.6 is 0 Å². The van der Waals surface area contributed by atoms with Gasteiger partial charge in [-0.1, -0.05) is 30.3 Å². The van der Waals surface area contributed by atoms with Gasteiger partial charge in [0.15, 0.2) is 0 Å². The van der Waals surface area contributed by atoms with E-state index in [0.29, 0.717) is 6.54 Å². The van der Waals surface area contributed by atoms with Gasteiger partial charge in [-0.15, -0.1) is 0 Å². The van der Waals surface area contributed by atoms with E-state index in [9.17, 15) is 4.79 Å². The standard InChI is InChI=1S/C18H26N4O/c1-15(9-10-17-7-4-3-5-8-17)21-18(23)20-11-6-13-22-14-12-19-16(22)2/h3-5,7-8,12,14-15H,6,9-11,13H2,1-2H3,(H2,20,21,23)/t15-/m0/s1. The Labute approximate surface area is 138 Å². The van der Waals surface area contributed by atoms with E-state index in [1.54, 1.807) is 6.20 Å². The molecular formula is C18H26N4O. The van der Waals surface area contributed by atoms with E-state index in [4.69, 9.17) is 0 Å². The first-order chi connectivity index (χ1) is 11.1. The number of urea groups is 1. The maximum atomic E-state index is 11.9. The van der Waals surface area contributed by atoms with Gasteiger partial charge in [0, 0.05) is 31.5 Å². The van der Waals surface area contributed by atoms with E-state index in [1.807, 2.05) is 38.2 Å². The van der Waals surface area contributed by atoms with Gasteiger partial charge >= 0.3 is 6.03 Å². The van der Waals surface area contributed by atoms with Crippen LogP contribution in [0.5, 0.6) is 0 Å². The Balaban J connectivity index is 1.58. The van der Waals surface area contributed by atoms with Gasteiger partial charge in [-0.3, -0.25) is 0 Å². The number of hydrogen-bond acceptors (Lipinski definition) is 2. The molecule has 0 saturated heterocycles. The molecule has 1 heterocycles. The van der Waals surface area contributed by atoms with Crippen LogP contribution in [0.25, 0.3) is 0 Å². The Morgan fingerprint density at radius 3 is 2.78 bits per heavy atom. The molecule has 0 aliphatic carbocycles. The molecule has 1 aromatic carbocycles. The maximum Gasteiger partial charge on any atom is 0.314 e. The number of nitrogens with one attached hydrogen (secondary N) is 2. The number of benzene rings is 1. The van der Waals surface area contributed by atoms with Gasteiger partial charge in [-0.05, 0) is 38.7 Å². The summed E-state index contributed by atoms with van der Waals surface area (Å²) in [6, 6.07) is 10.4. The molecule has 2 aromatic rings. The van der Waals surface area contributed by atoms with Crippen LogP contribution in [0, 0.1) is 6.92 Å². The third-order valence-electron chi connectivity index (χ3n) is 3.87. The van der Waals surface area contributed by atoms with Crippen molar-refractivity contribution in [2.75, 3.05) is 6.54 Å². The van der Waals surface area contributed by atoms with Crippen molar-refractivity contribution in [3.8, 4) is 0 Å². The molecule has 2 amide bonds. The molecule has 0 spiro atoms. The third-order valence-corrected chi connectivity index (χ3v) is 3.87. The highest BCUT2D eigenvalue weighted by Gasteiger charge is 2.07. The van der Waals surface area contributed by atoms with E-state index >= 15 is 0 Å². The molecule has 0 fully saturated rings. The second kappa shape index (κ2) is 8.98. The fourth-order valence-corrected chi connectivity index (χ4v) is 2.47. The maximum absolute atomic E-state index is 11.9. The summed E-state index contributed by atoms with van der Waals surface area (Å²) in [7, 11) is 0. The van der Waals surface area contributed by atoms with Crippen LogP contribution in [0.15, 0.2) is 42.7 Å². The average Bonchev–Trinajstić information content (AvgIpc) is 2.96. The van der Waals surface area contributed by atoms with Crippen molar-refractivity contribution in [2.45, 2.75) is 45.7 Å². The molecule has 0 bridgehead atoms. The number of nitrogens with zero attached hydrogens (tertiary/aromatic N) is 2. The highest BCUT2D eigenvalue weighted by Crippen LogP contribution is 2.04. The zero-order valence-corrected chi connectivity index (χ0v) is 14.0. The number of imidazole rings is 1. The predicted octanol–water partition coefficient (Wildman–Crippen LogP) is 2.90. The van der Waals surface area contributed by atoms with Crippen LogP contribution < -0.4 is 10.6 Å². The molecule has 2 N–H and O–H groups in total. The lowest BCUT2D eigenvalue weighted by Gasteiger charge is -2.15. The minimum Gasteiger partial charge on any atom is -0.338 e. The molecule has 2 rings (SSSR count). The minimum atomic E-state index is -0.0899. The zero-order chi connectivity index (χ0) is 16.5. The molecule has 0 aliphatic rings. The van der Waals surface area contributed by atoms with Gasteiger partial charge in [-0.25, -0.2) is 9.78 Å². The lowest BCUT2D eigenvalue weighted by atomic mass is 10.1. The van der Waals surface area contributed by atoms with Crippen molar-refractivity contribution in [1.82, 2.24) is 20.2 Å². The summed E-state index contributed by atoms with van der Waals surface area (Å²) in [5.74, 6) is 1.00. The van der Waals surface area contributed by atoms with Crippen LogP contribution in [0.4, 0.5) is 4.79 Å². The number of carbonyl (C=O) groups is 1. The molecule has 5 nitrogen and oxygen atoms in total. The summed E-state index contributed by atoms with van der Waals surface area (Å²) >= 11 is 0. The fourth-order valence-electron chi connectivity index (χ4n) is 2.47. The van der Waals surface area contributed by atoms with Gasteiger partial charge in [0.25, 0.3) is 0 Å². The molecule has 1 aromatic heterocycles. The molecule has 0 saturated carbocycles. The predicted molar refractivity (Wildman–Crippen MR) is 92.3 cm³/mol. The summed E-state index contributed by atoms with van der Waals surface area (Å²) in [5, 5.41) is 5.90. The van der Waals surface area contributed by atoms with Crippen molar-refractivity contribution in [3.05, 3.63) is 54.1 Å². The molecule has 23 heavy (non-hydrogen) atoms. The summed E-state index contributed by atoms with van der Waals surface area (Å²) in [5.41, 5.74) is 1.30. The van der Waals surface area contributed by atoms with Crippen molar-refractivity contribution in [3.63, 3.8) is 0 Å². The summed E-state index contributed by atoms with van der Waals surface area (Å²) in [6.07, 6.45) is 6.56. The van der Waals surface area contributed by atoms with Crippen molar-refractivity contribution in [2.24, 2.45) is 0 Å². The Kier molecular flexibility index (Phi) is 6.66. The van der Waals surface area contributed by atoms with E-state index in [1.165, 1.54) is 5.56 Å². The van der Waals surface area contributed by atoms with Gasteiger partial charge in [0.2, 0.25) is 0 Å². The molecular weight excluding hydrogens is 288 g/mol. The number of carbonyl (C=O) groups excluding carboxylic acids is 1. The molecule has 124 valence electrons. The van der Waals surface area contributed by atoms with Gasteiger partial charge < -0.3 is 15.2 Å². The van der Waals surface area contributed by atoms with Crippen LogP contribution in [0.1, 0.15) is 31.2 Å². The first-order valence-corrected chi connectivity index (χ1v) is 8.21. The van der Waals surface area contributed by atoms with E-state index in [-0.39, 0.29) is 12.1 Å². The van der Waals surface area contributed by atoms with Crippen LogP contribution in [-0.4, -0.2) is 28.2 Å². The Morgan fingerprint density at radius 1 is 1.30 bits per heavy atom. The van der Waals surface area contributed by atoms with Crippen molar-refractivity contribution in [1.29, 1.82) is 0 Å². The Bertz CT molecular complexity index is 594. The van der Waals surface area contributed by atoms with Crippen LogP contribution in [-0.2, 0) is 13.0 Å². The monoisotopic (exact) mass is 314 g/mol. The topological polar surface area (TPSA) is 59.0 Å². The lowest BCUT2D eigenvalue weighted by molar-refractivity contribution is 0.237. The third kappa shape index (κ3) is 6.14. The molecule has 1 atom stereocenters. The van der Waals surface area contributed by atoms with Gasteiger partial charge in [-0.2, -0.15) is 0 Å². The van der Waals surface area contributed by atoms with Crippen LogP contribution in [0.2, 0.25) is 0 Å². The van der Waals surface area contributed by atoms with Crippen molar-refractivity contribution >= 4 is 6.03 Å². The fraction of sp³-hybridized carbons (Fsp3) is 0.444. The van der Waals surface area contributed by atoms with E-state index < -0.39 is 0 Å². The minimum absolute atomic E-state index is 0.0899. The molecule has 5 heteroatoms. The van der Waals surface area contributed by atoms with E-state index in [2.05, 4.69) is 32.3 Å². The van der Waals surface area contributed by atoms with E-state index in [0.717, 1.165) is 31.6 Å². The zero-order valence-electron chi connectivity index (χ0n) is 14.0. The van der Waals surface area contributed by atoms with Gasteiger partial charge in [0.1, 0.15) is 5.82 Å². The normalized spacial score (nSPS) is 11.9. The highest BCUT2D eigenvalue weighted by atomic mass is 16.2. The quantitative estimate of drug-likeness (QED) is 0.736. The Hall–Kier alpha value is -2.30. The van der Waals surface area contributed by atoms with Crippen LogP contribution in [0.3, 0.4) is 0 Å². The number of hydrogen-bond donors (Lipinski definition) is 2.